The second-order valence-electron chi connectivity index (χ2n) is 5.90. The van der Waals surface area contributed by atoms with Crippen LogP contribution in [0.1, 0.15) is 18.4 Å². The van der Waals surface area contributed by atoms with Crippen molar-refractivity contribution in [3.8, 4) is 0 Å². The fourth-order valence-electron chi connectivity index (χ4n) is 2.45. The lowest BCUT2D eigenvalue weighted by Crippen LogP contribution is -2.32. The summed E-state index contributed by atoms with van der Waals surface area (Å²) in [6, 6.07) is 11.8. The van der Waals surface area contributed by atoms with E-state index in [9.17, 15) is 13.2 Å². The zero-order valence-electron chi connectivity index (χ0n) is 14.6. The number of nitrogens with one attached hydrogen (secondary N) is 1. The molecule has 0 aliphatic heterocycles. The summed E-state index contributed by atoms with van der Waals surface area (Å²) in [6.07, 6.45) is 1.57. The number of benzene rings is 2. The summed E-state index contributed by atoms with van der Waals surface area (Å²) < 4.78 is 25.4. The number of hydrogen-bond donors (Lipinski definition) is 1. The molecule has 0 radical (unpaired) electrons. The molecule has 0 heterocycles. The molecule has 27 heavy (non-hydrogen) atoms. The van der Waals surface area contributed by atoms with E-state index in [1.54, 1.807) is 12.1 Å². The lowest BCUT2D eigenvalue weighted by atomic mass is 10.2. The Balaban J connectivity index is 1.95. The average molecular weight is 450 g/mol. The van der Waals surface area contributed by atoms with Crippen molar-refractivity contribution in [3.05, 3.63) is 63.1 Å². The first-order valence-electron chi connectivity index (χ1n) is 8.11. The topological polar surface area (TPSA) is 66.5 Å². The highest BCUT2D eigenvalue weighted by atomic mass is 35.5. The molecule has 0 spiro atoms. The standard InChI is InChI=1S/C18H19Cl3N2O3S/c1-27(25,26)23(17-11-14(19)8-9-16(17)21)10-4-7-18(24)22-12-13-5-2-3-6-15(13)20/h2-3,5-6,8-9,11H,4,7,10,12H2,1H3,(H,22,24). The summed E-state index contributed by atoms with van der Waals surface area (Å²) in [5.74, 6) is -0.194. The second-order valence-corrected chi connectivity index (χ2v) is 9.06. The van der Waals surface area contributed by atoms with Crippen molar-refractivity contribution in [3.63, 3.8) is 0 Å². The summed E-state index contributed by atoms with van der Waals surface area (Å²) in [5.41, 5.74) is 1.11. The Hall–Kier alpha value is -1.47. The Morgan fingerprint density at radius 2 is 1.78 bits per heavy atom. The van der Waals surface area contributed by atoms with Crippen LogP contribution in [0.25, 0.3) is 0 Å². The van der Waals surface area contributed by atoms with E-state index in [2.05, 4.69) is 5.32 Å². The van der Waals surface area contributed by atoms with Gasteiger partial charge in [0, 0.05) is 29.6 Å². The van der Waals surface area contributed by atoms with Gasteiger partial charge in [0.1, 0.15) is 0 Å². The Kier molecular flexibility index (Phi) is 7.79. The maximum atomic E-state index is 12.1. The van der Waals surface area contributed by atoms with Crippen molar-refractivity contribution < 1.29 is 13.2 Å². The first-order chi connectivity index (χ1) is 12.7. The van der Waals surface area contributed by atoms with Crippen LogP contribution in [0, 0.1) is 0 Å². The van der Waals surface area contributed by atoms with Gasteiger partial charge in [-0.15, -0.1) is 0 Å². The number of carbonyl (C=O) groups is 1. The predicted molar refractivity (Wildman–Crippen MR) is 111 cm³/mol. The molecule has 0 saturated heterocycles. The van der Waals surface area contributed by atoms with Crippen molar-refractivity contribution >= 4 is 56.4 Å². The summed E-state index contributed by atoms with van der Waals surface area (Å²) in [4.78, 5) is 12.0. The molecule has 1 N–H and O–H groups in total. The molecule has 9 heteroatoms. The minimum atomic E-state index is -3.57. The third-order valence-corrected chi connectivity index (χ3v) is 5.88. The van der Waals surface area contributed by atoms with Crippen LogP contribution in [0.4, 0.5) is 5.69 Å². The van der Waals surface area contributed by atoms with Crippen LogP contribution in [0.5, 0.6) is 0 Å². The first-order valence-corrected chi connectivity index (χ1v) is 11.1. The summed E-state index contributed by atoms with van der Waals surface area (Å²) in [5, 5.41) is 4.00. The van der Waals surface area contributed by atoms with Crippen LogP contribution >= 0.6 is 34.8 Å². The van der Waals surface area contributed by atoms with Gasteiger partial charge < -0.3 is 5.32 Å². The van der Waals surface area contributed by atoms with Crippen molar-refractivity contribution in [1.82, 2.24) is 5.32 Å². The first kappa shape index (κ1) is 21.8. The molecule has 5 nitrogen and oxygen atoms in total. The van der Waals surface area contributed by atoms with E-state index < -0.39 is 10.0 Å². The maximum Gasteiger partial charge on any atom is 0.232 e. The third-order valence-electron chi connectivity index (χ3n) is 3.78. The number of sulfonamides is 1. The molecule has 0 bridgehead atoms. The van der Waals surface area contributed by atoms with Crippen LogP contribution in [-0.4, -0.2) is 27.1 Å². The highest BCUT2D eigenvalue weighted by Gasteiger charge is 2.20. The fourth-order valence-corrected chi connectivity index (χ4v) is 4.06. The van der Waals surface area contributed by atoms with E-state index in [0.29, 0.717) is 28.7 Å². The summed E-state index contributed by atoms with van der Waals surface area (Å²) in [7, 11) is -3.57. The van der Waals surface area contributed by atoms with Gasteiger partial charge in [-0.2, -0.15) is 0 Å². The van der Waals surface area contributed by atoms with Crippen LogP contribution in [0.15, 0.2) is 42.5 Å². The van der Waals surface area contributed by atoms with Gasteiger partial charge in [0.05, 0.1) is 17.0 Å². The monoisotopic (exact) mass is 448 g/mol. The second kappa shape index (κ2) is 9.64. The minimum Gasteiger partial charge on any atom is -0.352 e. The molecule has 0 aliphatic rings. The van der Waals surface area contributed by atoms with Gasteiger partial charge in [-0.1, -0.05) is 53.0 Å². The molecule has 146 valence electrons. The molecule has 2 aromatic rings. The zero-order chi connectivity index (χ0) is 20.0. The van der Waals surface area contributed by atoms with Crippen LogP contribution in [0.2, 0.25) is 15.1 Å². The Bertz CT molecular complexity index is 920. The number of anilines is 1. The van der Waals surface area contributed by atoms with Gasteiger partial charge in [0.2, 0.25) is 15.9 Å². The predicted octanol–water partition coefficient (Wildman–Crippen LogP) is 4.51. The Labute approximate surface area is 174 Å². The van der Waals surface area contributed by atoms with E-state index >= 15 is 0 Å². The van der Waals surface area contributed by atoms with Crippen molar-refractivity contribution in [1.29, 1.82) is 0 Å². The number of hydrogen-bond acceptors (Lipinski definition) is 3. The van der Waals surface area contributed by atoms with E-state index in [4.69, 9.17) is 34.8 Å². The van der Waals surface area contributed by atoms with Gasteiger partial charge in [-0.3, -0.25) is 9.10 Å². The zero-order valence-corrected chi connectivity index (χ0v) is 17.7. The molecular weight excluding hydrogens is 431 g/mol. The molecule has 0 fully saturated rings. The minimum absolute atomic E-state index is 0.110. The van der Waals surface area contributed by atoms with E-state index in [-0.39, 0.29) is 23.9 Å². The highest BCUT2D eigenvalue weighted by molar-refractivity contribution is 7.92. The quantitative estimate of drug-likeness (QED) is 0.645. The number of rotatable bonds is 8. The summed E-state index contributed by atoms with van der Waals surface area (Å²) in [6.45, 7) is 0.423. The maximum absolute atomic E-state index is 12.1. The van der Waals surface area contributed by atoms with Crippen LogP contribution < -0.4 is 9.62 Å². The fraction of sp³-hybridized carbons (Fsp3) is 0.278. The van der Waals surface area contributed by atoms with E-state index in [1.165, 1.54) is 12.1 Å². The molecule has 0 atom stereocenters. The van der Waals surface area contributed by atoms with Crippen molar-refractivity contribution in [2.75, 3.05) is 17.1 Å². The number of carbonyl (C=O) groups excluding carboxylic acids is 1. The SMILES string of the molecule is CS(=O)(=O)N(CCCC(=O)NCc1ccccc1Cl)c1cc(Cl)ccc1Cl. The Morgan fingerprint density at radius 3 is 2.44 bits per heavy atom. The lowest BCUT2D eigenvalue weighted by Gasteiger charge is -2.23. The molecule has 2 rings (SSSR count). The molecule has 1 amide bonds. The van der Waals surface area contributed by atoms with Gasteiger partial charge in [0.25, 0.3) is 0 Å². The lowest BCUT2D eigenvalue weighted by molar-refractivity contribution is -0.121. The average Bonchev–Trinajstić information content (AvgIpc) is 2.59. The van der Waals surface area contributed by atoms with Gasteiger partial charge in [0.15, 0.2) is 0 Å². The smallest absolute Gasteiger partial charge is 0.232 e. The normalized spacial score (nSPS) is 11.3. The van der Waals surface area contributed by atoms with E-state index in [1.807, 2.05) is 18.2 Å². The number of halogens is 3. The van der Waals surface area contributed by atoms with Crippen molar-refractivity contribution in [2.24, 2.45) is 0 Å². The summed E-state index contributed by atoms with van der Waals surface area (Å²) >= 11 is 18.1. The molecular formula is C18H19Cl3N2O3S. The third kappa shape index (κ3) is 6.57. The van der Waals surface area contributed by atoms with Crippen molar-refractivity contribution in [2.45, 2.75) is 19.4 Å². The van der Waals surface area contributed by atoms with Gasteiger partial charge >= 0.3 is 0 Å². The van der Waals surface area contributed by atoms with Crippen LogP contribution in [0.3, 0.4) is 0 Å². The molecule has 0 aromatic heterocycles. The molecule has 2 aromatic carbocycles. The number of amides is 1. The number of nitrogens with zero attached hydrogens (tertiary/aromatic N) is 1. The molecule has 0 unspecified atom stereocenters. The van der Waals surface area contributed by atoms with Crippen LogP contribution in [-0.2, 0) is 21.4 Å². The van der Waals surface area contributed by atoms with E-state index in [0.717, 1.165) is 16.1 Å². The molecule has 0 aliphatic carbocycles. The highest BCUT2D eigenvalue weighted by Crippen LogP contribution is 2.30. The Morgan fingerprint density at radius 1 is 1.07 bits per heavy atom. The van der Waals surface area contributed by atoms with Gasteiger partial charge in [-0.25, -0.2) is 8.42 Å². The van der Waals surface area contributed by atoms with Gasteiger partial charge in [-0.05, 0) is 36.2 Å². The molecule has 0 saturated carbocycles. The largest absolute Gasteiger partial charge is 0.352 e.